The van der Waals surface area contributed by atoms with Crippen molar-refractivity contribution in [2.24, 2.45) is 0 Å². The van der Waals surface area contributed by atoms with Crippen LogP contribution in [-0.2, 0) is 6.54 Å². The third-order valence-corrected chi connectivity index (χ3v) is 7.59. The molecular weight excluding hydrogens is 632 g/mol. The van der Waals surface area contributed by atoms with E-state index in [4.69, 9.17) is 14.6 Å². The predicted octanol–water partition coefficient (Wildman–Crippen LogP) is 6.42. The zero-order valence-electron chi connectivity index (χ0n) is 25.7. The number of amides is 1. The highest BCUT2D eigenvalue weighted by Gasteiger charge is 2.21. The zero-order valence-corrected chi connectivity index (χ0v) is 25.7. The van der Waals surface area contributed by atoms with Gasteiger partial charge in [-0.25, -0.2) is 18.4 Å². The number of carbonyl (C=O) groups excluding carboxylic acids is 1. The summed E-state index contributed by atoms with van der Waals surface area (Å²) in [5, 5.41) is 11.9. The number of methoxy groups -OCH3 is 1. The van der Waals surface area contributed by atoms with Crippen LogP contribution in [0.4, 0.5) is 14.5 Å². The lowest BCUT2D eigenvalue weighted by Crippen LogP contribution is -2.29. The molecule has 49 heavy (non-hydrogen) atoms. The minimum absolute atomic E-state index is 0.0858. The van der Waals surface area contributed by atoms with E-state index in [0.29, 0.717) is 34.6 Å². The van der Waals surface area contributed by atoms with E-state index in [-0.39, 0.29) is 22.7 Å². The third kappa shape index (κ3) is 6.32. The molecule has 0 unspecified atom stereocenters. The molecule has 0 atom stereocenters. The van der Waals surface area contributed by atoms with E-state index in [0.717, 1.165) is 22.1 Å². The molecule has 13 heteroatoms. The minimum atomic E-state index is -0.780. The molecule has 7 aromatic rings. The molecule has 0 saturated carbocycles. The maximum absolute atomic E-state index is 15.5. The highest BCUT2D eigenvalue weighted by Crippen LogP contribution is 2.37. The molecule has 0 aliphatic heterocycles. The molecule has 4 heterocycles. The number of fused-ring (bicyclic) bond motifs is 1. The number of rotatable bonds is 9. The van der Waals surface area contributed by atoms with Gasteiger partial charge < -0.3 is 14.8 Å². The Balaban J connectivity index is 1.17. The van der Waals surface area contributed by atoms with Crippen LogP contribution in [0, 0.1) is 11.6 Å². The fourth-order valence-electron chi connectivity index (χ4n) is 5.20. The van der Waals surface area contributed by atoms with E-state index >= 15 is 4.39 Å². The van der Waals surface area contributed by atoms with Gasteiger partial charge in [-0.05, 0) is 78.4 Å². The summed E-state index contributed by atoms with van der Waals surface area (Å²) in [6.07, 6.45) is 6.15. The van der Waals surface area contributed by atoms with E-state index in [2.05, 4.69) is 20.4 Å². The molecule has 3 aromatic carbocycles. The van der Waals surface area contributed by atoms with Crippen molar-refractivity contribution >= 4 is 22.6 Å². The summed E-state index contributed by atoms with van der Waals surface area (Å²) in [5.41, 5.74) is 2.12. The van der Waals surface area contributed by atoms with Gasteiger partial charge in [-0.1, -0.05) is 12.1 Å². The van der Waals surface area contributed by atoms with Gasteiger partial charge >= 0.3 is 0 Å². The van der Waals surface area contributed by atoms with Crippen molar-refractivity contribution in [3.8, 4) is 34.2 Å². The number of hydrogen-bond acceptors (Lipinski definition) is 8. The van der Waals surface area contributed by atoms with Gasteiger partial charge in [0, 0.05) is 42.1 Å². The van der Waals surface area contributed by atoms with E-state index in [1.165, 1.54) is 48.7 Å². The van der Waals surface area contributed by atoms with Crippen LogP contribution in [0.25, 0.3) is 28.0 Å². The Kier molecular flexibility index (Phi) is 8.29. The fraction of sp³-hybridized carbons (Fsp3) is 0.0556. The van der Waals surface area contributed by atoms with Crippen LogP contribution in [0.3, 0.4) is 0 Å². The van der Waals surface area contributed by atoms with Crippen molar-refractivity contribution in [3.63, 3.8) is 0 Å². The van der Waals surface area contributed by atoms with Crippen LogP contribution in [0.5, 0.6) is 17.2 Å². The lowest BCUT2D eigenvalue weighted by molar-refractivity contribution is 0.102. The highest BCUT2D eigenvalue weighted by atomic mass is 19.1. The number of aromatic nitrogens is 6. The van der Waals surface area contributed by atoms with Crippen molar-refractivity contribution < 1.29 is 23.0 Å². The quantitative estimate of drug-likeness (QED) is 0.189. The monoisotopic (exact) mass is 657 g/mol. The Morgan fingerprint density at radius 3 is 2.45 bits per heavy atom. The number of hydrogen-bond donors (Lipinski definition) is 1. The summed E-state index contributed by atoms with van der Waals surface area (Å²) in [4.78, 5) is 34.9. The van der Waals surface area contributed by atoms with Gasteiger partial charge in [-0.3, -0.25) is 14.6 Å². The van der Waals surface area contributed by atoms with Crippen LogP contribution >= 0.6 is 0 Å². The van der Waals surface area contributed by atoms with Crippen LogP contribution in [0.1, 0.15) is 15.9 Å². The summed E-state index contributed by atoms with van der Waals surface area (Å²) in [7, 11) is 1.60. The largest absolute Gasteiger partial charge is 0.497 e. The minimum Gasteiger partial charge on any atom is -0.497 e. The summed E-state index contributed by atoms with van der Waals surface area (Å²) < 4.78 is 43.0. The first-order valence-electron chi connectivity index (χ1n) is 14.9. The second kappa shape index (κ2) is 13.2. The third-order valence-electron chi connectivity index (χ3n) is 7.59. The predicted molar refractivity (Wildman–Crippen MR) is 177 cm³/mol. The van der Waals surface area contributed by atoms with E-state index < -0.39 is 23.1 Å². The van der Waals surface area contributed by atoms with E-state index in [1.807, 2.05) is 30.3 Å². The van der Waals surface area contributed by atoms with Crippen LogP contribution < -0.4 is 20.3 Å². The lowest BCUT2D eigenvalue weighted by Gasteiger charge is -2.11. The average Bonchev–Trinajstić information content (AvgIpc) is 3.49. The molecule has 0 radical (unpaired) electrons. The number of halogens is 2. The molecule has 0 aliphatic carbocycles. The lowest BCUT2D eigenvalue weighted by atomic mass is 10.1. The Labute approximate surface area is 277 Å². The molecule has 0 spiro atoms. The average molecular weight is 658 g/mol. The number of carbonyl (C=O) groups is 1. The van der Waals surface area contributed by atoms with E-state index in [9.17, 15) is 14.0 Å². The van der Waals surface area contributed by atoms with Crippen LogP contribution in [0.15, 0.2) is 121 Å². The molecule has 1 N–H and O–H groups in total. The first-order chi connectivity index (χ1) is 23.9. The first kappa shape index (κ1) is 30.9. The molecule has 11 nitrogen and oxygen atoms in total. The molecule has 7 rings (SSSR count). The van der Waals surface area contributed by atoms with Crippen LogP contribution in [0.2, 0.25) is 0 Å². The van der Waals surface area contributed by atoms with Gasteiger partial charge in [-0.15, -0.1) is 0 Å². The highest BCUT2D eigenvalue weighted by molar-refractivity contribution is 6.04. The number of nitrogens with one attached hydrogen (secondary N) is 1. The van der Waals surface area contributed by atoms with Crippen molar-refractivity contribution in [2.75, 3.05) is 12.4 Å². The van der Waals surface area contributed by atoms with Gasteiger partial charge in [0.2, 0.25) is 0 Å². The van der Waals surface area contributed by atoms with Gasteiger partial charge in [0.1, 0.15) is 28.6 Å². The van der Waals surface area contributed by atoms with Gasteiger partial charge in [0.05, 0.1) is 24.7 Å². The molecule has 0 bridgehead atoms. The van der Waals surface area contributed by atoms with Gasteiger partial charge in [0.15, 0.2) is 17.2 Å². The van der Waals surface area contributed by atoms with Crippen molar-refractivity contribution in [2.45, 2.75) is 6.54 Å². The molecular formula is C36H25F2N7O4. The van der Waals surface area contributed by atoms with Crippen molar-refractivity contribution in [1.82, 2.24) is 29.5 Å². The van der Waals surface area contributed by atoms with Gasteiger partial charge in [-0.2, -0.15) is 14.9 Å². The number of ether oxygens (including phenoxy) is 2. The summed E-state index contributed by atoms with van der Waals surface area (Å²) >= 11 is 0. The maximum atomic E-state index is 15.5. The Morgan fingerprint density at radius 2 is 1.71 bits per heavy atom. The molecule has 0 aliphatic rings. The normalized spacial score (nSPS) is 11.0. The summed E-state index contributed by atoms with van der Waals surface area (Å²) in [6.45, 7) is 0.395. The Bertz CT molecular complexity index is 2360. The van der Waals surface area contributed by atoms with Crippen molar-refractivity contribution in [3.05, 3.63) is 149 Å². The topological polar surface area (TPSA) is 126 Å². The van der Waals surface area contributed by atoms with Gasteiger partial charge in [0.25, 0.3) is 11.5 Å². The first-order valence-corrected chi connectivity index (χ1v) is 14.9. The molecule has 1 amide bonds. The molecule has 4 aromatic heterocycles. The molecule has 242 valence electrons. The van der Waals surface area contributed by atoms with E-state index in [1.54, 1.807) is 42.5 Å². The number of nitrogens with zero attached hydrogens (tertiary/aromatic N) is 6. The summed E-state index contributed by atoms with van der Waals surface area (Å²) in [6, 6.07) is 23.1. The SMILES string of the molecule is COc1ccc(Cn2nc(-c3cccnc3)c3c(Oc4ccc(NC(=O)c5ccnn(-c6ccc(F)cc6)c5=O)cc4F)ccnc32)cc1. The molecule has 0 fully saturated rings. The second-order valence-corrected chi connectivity index (χ2v) is 10.7. The smallest absolute Gasteiger partial charge is 0.284 e. The Morgan fingerprint density at radius 1 is 0.898 bits per heavy atom. The number of pyridine rings is 2. The summed E-state index contributed by atoms with van der Waals surface area (Å²) in [5.74, 6) is -1.12. The van der Waals surface area contributed by atoms with Crippen molar-refractivity contribution in [1.29, 1.82) is 0 Å². The zero-order chi connectivity index (χ0) is 33.9. The number of anilines is 1. The maximum Gasteiger partial charge on any atom is 0.284 e. The second-order valence-electron chi connectivity index (χ2n) is 10.7. The number of benzene rings is 3. The Hall–Kier alpha value is -6.76. The van der Waals surface area contributed by atoms with Crippen LogP contribution in [-0.4, -0.2) is 42.5 Å². The standard InChI is InChI=1S/C36H25F2N7O4/c1-48-27-11-4-22(5-12-27)21-44-34-32(33(43-44)23-3-2-16-39-20-23)31(15-17-40-34)49-30-13-8-25(19-29(30)38)42-35(46)28-14-18-41-45(36(28)47)26-9-6-24(37)7-10-26/h2-20H,21H2,1H3,(H,42,46). The fourth-order valence-corrected chi connectivity index (χ4v) is 5.20. The molecule has 0 saturated heterocycles.